The fourth-order valence-electron chi connectivity index (χ4n) is 3.37. The van der Waals surface area contributed by atoms with E-state index in [0.717, 1.165) is 6.07 Å². The summed E-state index contributed by atoms with van der Waals surface area (Å²) in [5.74, 6) is -3.26. The van der Waals surface area contributed by atoms with Gasteiger partial charge < -0.3 is 16.0 Å². The van der Waals surface area contributed by atoms with Crippen LogP contribution in [-0.4, -0.2) is 42.4 Å². The van der Waals surface area contributed by atoms with Crippen LogP contribution >= 0.6 is 0 Å². The van der Waals surface area contributed by atoms with Crippen molar-refractivity contribution in [1.82, 2.24) is 10.2 Å². The second-order valence-corrected chi connectivity index (χ2v) is 7.64. The SMILES string of the molecule is CC(C)C(=O)NCCC(=O)N1CCC(C(N)Cc2cc(F)c(F)cc2F)CC1. The lowest BCUT2D eigenvalue weighted by atomic mass is 9.86. The number of halogens is 3. The first-order valence-electron chi connectivity index (χ1n) is 9.63. The Morgan fingerprint density at radius 1 is 1.14 bits per heavy atom. The number of carbonyl (C=O) groups excluding carboxylic acids is 2. The van der Waals surface area contributed by atoms with Gasteiger partial charge in [0.25, 0.3) is 0 Å². The topological polar surface area (TPSA) is 75.4 Å². The monoisotopic (exact) mass is 399 g/mol. The van der Waals surface area contributed by atoms with Crippen LogP contribution < -0.4 is 11.1 Å². The predicted molar refractivity (Wildman–Crippen MR) is 99.8 cm³/mol. The summed E-state index contributed by atoms with van der Waals surface area (Å²) in [7, 11) is 0. The van der Waals surface area contributed by atoms with Crippen molar-refractivity contribution in [1.29, 1.82) is 0 Å². The summed E-state index contributed by atoms with van der Waals surface area (Å²) in [5.41, 5.74) is 6.23. The van der Waals surface area contributed by atoms with Gasteiger partial charge in [-0.05, 0) is 36.8 Å². The van der Waals surface area contributed by atoms with Crippen LogP contribution in [0.3, 0.4) is 0 Å². The molecule has 1 unspecified atom stereocenters. The molecule has 3 N–H and O–H groups in total. The molecule has 28 heavy (non-hydrogen) atoms. The summed E-state index contributed by atoms with van der Waals surface area (Å²) < 4.78 is 40.2. The minimum absolute atomic E-state index is 0.0253. The fraction of sp³-hybridized carbons (Fsp3) is 0.600. The van der Waals surface area contributed by atoms with Gasteiger partial charge in [-0.15, -0.1) is 0 Å². The summed E-state index contributed by atoms with van der Waals surface area (Å²) in [6.45, 7) is 4.96. The van der Waals surface area contributed by atoms with Gasteiger partial charge in [0.2, 0.25) is 11.8 Å². The number of rotatable bonds is 7. The van der Waals surface area contributed by atoms with Crippen molar-refractivity contribution in [3.8, 4) is 0 Å². The van der Waals surface area contributed by atoms with Crippen LogP contribution in [0.25, 0.3) is 0 Å². The average molecular weight is 399 g/mol. The summed E-state index contributed by atoms with van der Waals surface area (Å²) in [6, 6.07) is 0.993. The van der Waals surface area contributed by atoms with Crippen molar-refractivity contribution in [2.24, 2.45) is 17.6 Å². The quantitative estimate of drug-likeness (QED) is 0.692. The molecule has 0 aromatic heterocycles. The van der Waals surface area contributed by atoms with Crippen LogP contribution in [0.15, 0.2) is 12.1 Å². The maximum Gasteiger partial charge on any atom is 0.224 e. The highest BCUT2D eigenvalue weighted by Gasteiger charge is 2.27. The minimum atomic E-state index is -1.22. The molecule has 1 aromatic rings. The third-order valence-electron chi connectivity index (χ3n) is 5.21. The van der Waals surface area contributed by atoms with Crippen molar-refractivity contribution >= 4 is 11.8 Å². The number of nitrogens with one attached hydrogen (secondary N) is 1. The van der Waals surface area contributed by atoms with E-state index in [1.54, 1.807) is 18.7 Å². The van der Waals surface area contributed by atoms with Gasteiger partial charge in [0.15, 0.2) is 11.6 Å². The van der Waals surface area contributed by atoms with Crippen LogP contribution in [0.1, 0.15) is 38.7 Å². The third kappa shape index (κ3) is 5.95. The molecule has 0 aliphatic carbocycles. The van der Waals surface area contributed by atoms with Crippen LogP contribution in [0.5, 0.6) is 0 Å². The lowest BCUT2D eigenvalue weighted by Crippen LogP contribution is -2.45. The van der Waals surface area contributed by atoms with Crippen LogP contribution in [0, 0.1) is 29.3 Å². The average Bonchev–Trinajstić information content (AvgIpc) is 2.65. The van der Waals surface area contributed by atoms with E-state index in [4.69, 9.17) is 5.73 Å². The van der Waals surface area contributed by atoms with Crippen LogP contribution in [-0.2, 0) is 16.0 Å². The number of hydrogen-bond donors (Lipinski definition) is 2. The number of likely N-dealkylation sites (tertiary alicyclic amines) is 1. The zero-order chi connectivity index (χ0) is 20.8. The Bertz CT molecular complexity index is 704. The van der Waals surface area contributed by atoms with Crippen molar-refractivity contribution in [3.63, 3.8) is 0 Å². The molecule has 0 spiro atoms. The first kappa shape index (κ1) is 22.2. The molecular weight excluding hydrogens is 371 g/mol. The molecule has 2 amide bonds. The molecule has 1 fully saturated rings. The lowest BCUT2D eigenvalue weighted by Gasteiger charge is -2.35. The van der Waals surface area contributed by atoms with Gasteiger partial charge in [0.05, 0.1) is 0 Å². The Morgan fingerprint density at radius 2 is 1.75 bits per heavy atom. The van der Waals surface area contributed by atoms with Crippen LogP contribution in [0.2, 0.25) is 0 Å². The Balaban J connectivity index is 1.79. The summed E-state index contributed by atoms with van der Waals surface area (Å²) in [6.07, 6.45) is 1.69. The van der Waals surface area contributed by atoms with E-state index in [9.17, 15) is 22.8 Å². The highest BCUT2D eigenvalue weighted by Crippen LogP contribution is 2.24. The maximum absolute atomic E-state index is 13.8. The van der Waals surface area contributed by atoms with Gasteiger partial charge in [-0.25, -0.2) is 13.2 Å². The molecular formula is C20H28F3N3O2. The van der Waals surface area contributed by atoms with E-state index in [2.05, 4.69) is 5.32 Å². The zero-order valence-electron chi connectivity index (χ0n) is 16.3. The van der Waals surface area contributed by atoms with Gasteiger partial charge in [-0.3, -0.25) is 9.59 Å². The van der Waals surface area contributed by atoms with Gasteiger partial charge in [0, 0.05) is 44.1 Å². The number of nitrogens with zero attached hydrogens (tertiary/aromatic N) is 1. The summed E-state index contributed by atoms with van der Waals surface area (Å²) in [5, 5.41) is 2.72. The Morgan fingerprint density at radius 3 is 2.36 bits per heavy atom. The standard InChI is InChI=1S/C20H28F3N3O2/c1-12(2)20(28)25-6-3-19(27)26-7-4-13(5-8-26)18(24)10-14-9-16(22)17(23)11-15(14)21/h9,11-13,18H,3-8,10,24H2,1-2H3,(H,25,28). The first-order chi connectivity index (χ1) is 13.2. The van der Waals surface area contributed by atoms with E-state index in [0.29, 0.717) is 38.5 Å². The summed E-state index contributed by atoms with van der Waals surface area (Å²) in [4.78, 5) is 25.5. The molecule has 0 bridgehead atoms. The molecule has 1 aliphatic heterocycles. The number of carbonyl (C=O) groups is 2. The molecule has 5 nitrogen and oxygen atoms in total. The highest BCUT2D eigenvalue weighted by atomic mass is 19.2. The molecule has 156 valence electrons. The number of piperidine rings is 1. The molecule has 1 aromatic carbocycles. The first-order valence-corrected chi connectivity index (χ1v) is 9.63. The van der Waals surface area contributed by atoms with Gasteiger partial charge in [0.1, 0.15) is 5.82 Å². The maximum atomic E-state index is 13.8. The van der Waals surface area contributed by atoms with Gasteiger partial charge in [-0.1, -0.05) is 13.8 Å². The molecule has 1 heterocycles. The lowest BCUT2D eigenvalue weighted by molar-refractivity contribution is -0.132. The number of nitrogens with two attached hydrogens (primary N) is 1. The van der Waals surface area contributed by atoms with Crippen molar-refractivity contribution < 1.29 is 22.8 Å². The predicted octanol–water partition coefficient (Wildman–Crippen LogP) is 2.37. The van der Waals surface area contributed by atoms with E-state index in [-0.39, 0.29) is 42.1 Å². The van der Waals surface area contributed by atoms with E-state index in [1.807, 2.05) is 0 Å². The Labute approximate surface area is 163 Å². The van der Waals surface area contributed by atoms with Crippen molar-refractivity contribution in [2.75, 3.05) is 19.6 Å². The molecule has 0 saturated carbocycles. The Hall–Kier alpha value is -2.09. The van der Waals surface area contributed by atoms with Crippen molar-refractivity contribution in [2.45, 2.75) is 45.6 Å². The normalized spacial score (nSPS) is 16.3. The number of hydrogen-bond acceptors (Lipinski definition) is 3. The van der Waals surface area contributed by atoms with Gasteiger partial charge >= 0.3 is 0 Å². The van der Waals surface area contributed by atoms with Gasteiger partial charge in [-0.2, -0.15) is 0 Å². The second kappa shape index (κ2) is 9.91. The summed E-state index contributed by atoms with van der Waals surface area (Å²) >= 11 is 0. The van der Waals surface area contributed by atoms with E-state index < -0.39 is 23.5 Å². The zero-order valence-corrected chi connectivity index (χ0v) is 16.3. The third-order valence-corrected chi connectivity index (χ3v) is 5.21. The smallest absolute Gasteiger partial charge is 0.224 e. The fourth-order valence-corrected chi connectivity index (χ4v) is 3.37. The molecule has 2 rings (SSSR count). The molecule has 1 aliphatic rings. The number of benzene rings is 1. The number of amides is 2. The molecule has 0 radical (unpaired) electrons. The Kier molecular flexibility index (Phi) is 7.86. The minimum Gasteiger partial charge on any atom is -0.355 e. The van der Waals surface area contributed by atoms with E-state index >= 15 is 0 Å². The highest BCUT2D eigenvalue weighted by molar-refractivity contribution is 5.80. The molecule has 1 saturated heterocycles. The van der Waals surface area contributed by atoms with Crippen molar-refractivity contribution in [3.05, 3.63) is 35.1 Å². The largest absolute Gasteiger partial charge is 0.355 e. The second-order valence-electron chi connectivity index (χ2n) is 7.64. The van der Waals surface area contributed by atoms with E-state index in [1.165, 1.54) is 0 Å². The van der Waals surface area contributed by atoms with Crippen LogP contribution in [0.4, 0.5) is 13.2 Å². The molecule has 8 heteroatoms. The molecule has 1 atom stereocenters.